The molecule has 7 aromatic rings. The summed E-state index contributed by atoms with van der Waals surface area (Å²) in [6.07, 6.45) is 1.70. The first-order valence-corrected chi connectivity index (χ1v) is 14.6. The van der Waals surface area contributed by atoms with Crippen molar-refractivity contribution in [1.82, 2.24) is 4.98 Å². The summed E-state index contributed by atoms with van der Waals surface area (Å²) < 4.78 is 0. The first-order chi connectivity index (χ1) is 21.3. The van der Waals surface area contributed by atoms with Crippen molar-refractivity contribution in [2.24, 2.45) is 0 Å². The third-order valence-electron chi connectivity index (χ3n) is 9.36. The molecule has 0 bridgehead atoms. The SMILES string of the molecule is N#Cc1ccnc(-c2cccc(-c3ccc4c(c3)C3(c5ccccc5-c5ccccc53)c3ccc5ccccc5c3-4)c2)c1. The van der Waals surface area contributed by atoms with Crippen LogP contribution in [0.2, 0.25) is 0 Å². The topological polar surface area (TPSA) is 36.7 Å². The number of benzene rings is 6. The molecular formula is C41H24N2. The number of nitriles is 1. The second-order valence-corrected chi connectivity index (χ2v) is 11.4. The highest BCUT2D eigenvalue weighted by Crippen LogP contribution is 2.64. The van der Waals surface area contributed by atoms with Crippen molar-refractivity contribution in [3.05, 3.63) is 174 Å². The van der Waals surface area contributed by atoms with Crippen molar-refractivity contribution in [2.75, 3.05) is 0 Å². The van der Waals surface area contributed by atoms with Crippen LogP contribution >= 0.6 is 0 Å². The van der Waals surface area contributed by atoms with Crippen molar-refractivity contribution >= 4 is 10.8 Å². The van der Waals surface area contributed by atoms with Gasteiger partial charge in [0.1, 0.15) is 0 Å². The van der Waals surface area contributed by atoms with Gasteiger partial charge >= 0.3 is 0 Å². The molecule has 0 saturated heterocycles. The van der Waals surface area contributed by atoms with Gasteiger partial charge < -0.3 is 0 Å². The van der Waals surface area contributed by atoms with Crippen LogP contribution in [0.1, 0.15) is 27.8 Å². The summed E-state index contributed by atoms with van der Waals surface area (Å²) in [6, 6.07) is 52.6. The van der Waals surface area contributed by atoms with Gasteiger partial charge in [-0.3, -0.25) is 4.98 Å². The van der Waals surface area contributed by atoms with Crippen molar-refractivity contribution < 1.29 is 0 Å². The van der Waals surface area contributed by atoms with E-state index >= 15 is 0 Å². The average Bonchev–Trinajstić information content (AvgIpc) is 3.55. The van der Waals surface area contributed by atoms with Crippen LogP contribution in [0.3, 0.4) is 0 Å². The van der Waals surface area contributed by atoms with E-state index in [0.717, 1.165) is 22.4 Å². The van der Waals surface area contributed by atoms with Gasteiger partial charge in [-0.2, -0.15) is 5.26 Å². The molecular weight excluding hydrogens is 520 g/mol. The number of hydrogen-bond acceptors (Lipinski definition) is 2. The summed E-state index contributed by atoms with van der Waals surface area (Å²) in [6.45, 7) is 0. The molecule has 198 valence electrons. The lowest BCUT2D eigenvalue weighted by atomic mass is 9.70. The minimum absolute atomic E-state index is 0.405. The summed E-state index contributed by atoms with van der Waals surface area (Å²) in [5.41, 5.74) is 14.9. The van der Waals surface area contributed by atoms with Gasteiger partial charge in [0.15, 0.2) is 0 Å². The third-order valence-corrected chi connectivity index (χ3v) is 9.36. The van der Waals surface area contributed by atoms with E-state index in [1.54, 1.807) is 12.3 Å². The monoisotopic (exact) mass is 544 g/mol. The van der Waals surface area contributed by atoms with Crippen LogP contribution in [0.15, 0.2) is 146 Å². The van der Waals surface area contributed by atoms with E-state index in [2.05, 4.69) is 138 Å². The van der Waals surface area contributed by atoms with E-state index in [4.69, 9.17) is 0 Å². The summed E-state index contributed by atoms with van der Waals surface area (Å²) in [5, 5.41) is 12.0. The average molecular weight is 545 g/mol. The minimum atomic E-state index is -0.405. The second-order valence-electron chi connectivity index (χ2n) is 11.4. The van der Waals surface area contributed by atoms with Crippen LogP contribution in [0.4, 0.5) is 0 Å². The zero-order chi connectivity index (χ0) is 28.5. The number of pyridine rings is 1. The van der Waals surface area contributed by atoms with Gasteiger partial charge in [-0.25, -0.2) is 0 Å². The van der Waals surface area contributed by atoms with Gasteiger partial charge in [-0.15, -0.1) is 0 Å². The molecule has 0 fully saturated rings. The van der Waals surface area contributed by atoms with E-state index in [1.165, 1.54) is 55.3 Å². The predicted molar refractivity (Wildman–Crippen MR) is 174 cm³/mol. The highest BCUT2D eigenvalue weighted by molar-refractivity contribution is 6.06. The van der Waals surface area contributed by atoms with Crippen LogP contribution in [0.5, 0.6) is 0 Å². The van der Waals surface area contributed by atoms with E-state index in [9.17, 15) is 5.26 Å². The summed E-state index contributed by atoms with van der Waals surface area (Å²) in [4.78, 5) is 4.56. The Balaban J connectivity index is 1.34. The zero-order valence-electron chi connectivity index (χ0n) is 23.3. The fourth-order valence-corrected chi connectivity index (χ4v) is 7.60. The first-order valence-electron chi connectivity index (χ1n) is 14.6. The van der Waals surface area contributed by atoms with E-state index in [0.29, 0.717) is 5.56 Å². The number of rotatable bonds is 2. The Bertz CT molecular complexity index is 2280. The molecule has 1 aromatic heterocycles. The maximum atomic E-state index is 9.43. The lowest BCUT2D eigenvalue weighted by molar-refractivity contribution is 0.795. The molecule has 6 aromatic carbocycles. The normalized spacial score (nSPS) is 13.3. The Hall–Kier alpha value is -5.78. The molecule has 2 heteroatoms. The van der Waals surface area contributed by atoms with Crippen LogP contribution in [0, 0.1) is 11.3 Å². The van der Waals surface area contributed by atoms with Gasteiger partial charge in [-0.1, -0.05) is 115 Å². The molecule has 1 spiro atoms. The lowest BCUT2D eigenvalue weighted by Gasteiger charge is -2.30. The van der Waals surface area contributed by atoms with Gasteiger partial charge in [0, 0.05) is 11.8 Å². The molecule has 43 heavy (non-hydrogen) atoms. The van der Waals surface area contributed by atoms with Gasteiger partial charge in [0.25, 0.3) is 0 Å². The van der Waals surface area contributed by atoms with Gasteiger partial charge in [0.05, 0.1) is 22.7 Å². The Morgan fingerprint density at radius 1 is 0.512 bits per heavy atom. The molecule has 0 amide bonds. The van der Waals surface area contributed by atoms with Crippen molar-refractivity contribution in [3.8, 4) is 50.7 Å². The number of fused-ring (bicyclic) bond motifs is 12. The predicted octanol–water partition coefficient (Wildman–Crippen LogP) is 9.78. The van der Waals surface area contributed by atoms with E-state index in [1.807, 2.05) is 6.07 Å². The Morgan fingerprint density at radius 2 is 1.23 bits per heavy atom. The molecule has 2 aliphatic rings. The fourth-order valence-electron chi connectivity index (χ4n) is 7.60. The minimum Gasteiger partial charge on any atom is -0.256 e. The van der Waals surface area contributed by atoms with Crippen LogP contribution in [0.25, 0.3) is 55.4 Å². The van der Waals surface area contributed by atoms with Gasteiger partial charge in [0.2, 0.25) is 0 Å². The molecule has 0 N–H and O–H groups in total. The van der Waals surface area contributed by atoms with Crippen molar-refractivity contribution in [3.63, 3.8) is 0 Å². The molecule has 0 saturated carbocycles. The molecule has 9 rings (SSSR count). The van der Waals surface area contributed by atoms with Crippen LogP contribution < -0.4 is 0 Å². The first kappa shape index (κ1) is 23.9. The zero-order valence-corrected chi connectivity index (χ0v) is 23.3. The molecule has 0 atom stereocenters. The van der Waals surface area contributed by atoms with Crippen molar-refractivity contribution in [2.45, 2.75) is 5.41 Å². The summed E-state index contributed by atoms with van der Waals surface area (Å²) in [5.74, 6) is 0. The molecule has 0 unspecified atom stereocenters. The highest BCUT2D eigenvalue weighted by Gasteiger charge is 2.52. The number of aromatic nitrogens is 1. The van der Waals surface area contributed by atoms with E-state index in [-0.39, 0.29) is 0 Å². The largest absolute Gasteiger partial charge is 0.256 e. The Kier molecular flexibility index (Phi) is 4.92. The molecule has 2 aliphatic carbocycles. The molecule has 0 aliphatic heterocycles. The number of nitrogens with zero attached hydrogens (tertiary/aromatic N) is 2. The number of hydrogen-bond donors (Lipinski definition) is 0. The summed E-state index contributed by atoms with van der Waals surface area (Å²) >= 11 is 0. The maximum absolute atomic E-state index is 9.43. The molecule has 1 heterocycles. The smallest absolute Gasteiger partial charge is 0.0992 e. The van der Waals surface area contributed by atoms with Crippen LogP contribution in [-0.4, -0.2) is 4.98 Å². The standard InChI is InChI=1S/C41H24N2/c42-25-26-20-21-43-39(22-26)30-10-7-9-28(23-30)29-16-18-34-38(24-29)41(37-19-17-27-8-1-2-11-31(27)40(34)37)35-14-5-3-12-32(35)33-13-4-6-15-36(33)41/h1-24H. The Morgan fingerprint density at radius 3 is 2.05 bits per heavy atom. The van der Waals surface area contributed by atoms with Crippen molar-refractivity contribution in [1.29, 1.82) is 5.26 Å². The Labute approximate surface area is 250 Å². The maximum Gasteiger partial charge on any atom is 0.0992 e. The lowest BCUT2D eigenvalue weighted by Crippen LogP contribution is -2.25. The third kappa shape index (κ3) is 3.19. The fraction of sp³-hybridized carbons (Fsp3) is 0.0244. The molecule has 2 nitrogen and oxygen atoms in total. The van der Waals surface area contributed by atoms with E-state index < -0.39 is 5.41 Å². The molecule has 0 radical (unpaired) electrons. The van der Waals surface area contributed by atoms with Crippen LogP contribution in [-0.2, 0) is 5.41 Å². The highest BCUT2D eigenvalue weighted by atomic mass is 14.7. The quantitative estimate of drug-likeness (QED) is 0.217. The van der Waals surface area contributed by atoms with Gasteiger partial charge in [-0.05, 0) is 90.7 Å². The second kappa shape index (κ2) is 8.86. The summed E-state index contributed by atoms with van der Waals surface area (Å²) in [7, 11) is 0.